The molecule has 3 amide bonds. The Morgan fingerprint density at radius 1 is 1.16 bits per heavy atom. The van der Waals surface area contributed by atoms with Crippen molar-refractivity contribution in [3.05, 3.63) is 69.6 Å². The van der Waals surface area contributed by atoms with Crippen LogP contribution in [-0.4, -0.2) is 60.7 Å². The number of hydrogen-bond donors (Lipinski definition) is 1. The molecule has 1 N–H and O–H groups in total. The number of cyclic esters (lactones) is 1. The number of amides is 3. The van der Waals surface area contributed by atoms with Crippen molar-refractivity contribution in [2.24, 2.45) is 0 Å². The molecule has 1 atom stereocenters. The van der Waals surface area contributed by atoms with E-state index in [1.54, 1.807) is 49.0 Å². The van der Waals surface area contributed by atoms with Gasteiger partial charge in [0.15, 0.2) is 0 Å². The number of nitrogens with one attached hydrogen (secondary N) is 1. The number of anilines is 1. The summed E-state index contributed by atoms with van der Waals surface area (Å²) in [6, 6.07) is 14.2. The van der Waals surface area contributed by atoms with Gasteiger partial charge in [0, 0.05) is 31.7 Å². The second kappa shape index (κ2) is 9.05. The van der Waals surface area contributed by atoms with E-state index in [0.717, 1.165) is 5.69 Å². The van der Waals surface area contributed by atoms with Crippen LogP contribution >= 0.6 is 22.9 Å². The van der Waals surface area contributed by atoms with E-state index >= 15 is 0 Å². The van der Waals surface area contributed by atoms with Crippen molar-refractivity contribution in [3.8, 4) is 5.69 Å². The van der Waals surface area contributed by atoms with Gasteiger partial charge in [-0.15, -0.1) is 11.3 Å². The number of halogens is 1. The van der Waals surface area contributed by atoms with Gasteiger partial charge in [-0.1, -0.05) is 11.6 Å². The zero-order chi connectivity index (χ0) is 22.8. The Morgan fingerprint density at radius 3 is 2.53 bits per heavy atom. The van der Waals surface area contributed by atoms with Gasteiger partial charge in [-0.05, 0) is 48.5 Å². The topological polar surface area (TPSA) is 83.9 Å². The minimum absolute atomic E-state index is 0.100. The number of carbonyl (C=O) groups excluding carboxylic acids is 3. The van der Waals surface area contributed by atoms with Gasteiger partial charge in [-0.25, -0.2) is 4.79 Å². The average molecular weight is 473 g/mol. The lowest BCUT2D eigenvalue weighted by atomic mass is 10.2. The molecule has 2 aromatic heterocycles. The van der Waals surface area contributed by atoms with Crippen molar-refractivity contribution in [3.63, 3.8) is 0 Å². The van der Waals surface area contributed by atoms with Gasteiger partial charge in [0.2, 0.25) is 0 Å². The minimum Gasteiger partial charge on any atom is -0.442 e. The molecule has 0 spiro atoms. The van der Waals surface area contributed by atoms with Crippen LogP contribution in [-0.2, 0) is 4.74 Å². The highest BCUT2D eigenvalue weighted by Crippen LogP contribution is 2.25. The summed E-state index contributed by atoms with van der Waals surface area (Å²) >= 11 is 7.05. The van der Waals surface area contributed by atoms with Crippen molar-refractivity contribution in [1.82, 2.24) is 14.8 Å². The van der Waals surface area contributed by atoms with Crippen LogP contribution in [0, 0.1) is 0 Å². The Balaban J connectivity index is 1.40. The van der Waals surface area contributed by atoms with Crippen molar-refractivity contribution in [2.75, 3.05) is 32.1 Å². The first-order valence-corrected chi connectivity index (χ1v) is 11.0. The SMILES string of the molecule is CN(C)C(=O)c1cccn1-c1ccc(N2C[C@H](CNC(=O)c3ccc(Cl)s3)OC2=O)cc1. The monoisotopic (exact) mass is 472 g/mol. The van der Waals surface area contributed by atoms with E-state index < -0.39 is 12.2 Å². The van der Waals surface area contributed by atoms with E-state index in [9.17, 15) is 14.4 Å². The highest BCUT2D eigenvalue weighted by molar-refractivity contribution is 7.18. The van der Waals surface area contributed by atoms with Crippen molar-refractivity contribution >= 4 is 46.5 Å². The Kier molecular flexibility index (Phi) is 6.20. The Morgan fingerprint density at radius 2 is 1.88 bits per heavy atom. The summed E-state index contributed by atoms with van der Waals surface area (Å²) in [5.41, 5.74) is 2.02. The van der Waals surface area contributed by atoms with Crippen molar-refractivity contribution < 1.29 is 19.1 Å². The molecule has 10 heteroatoms. The maximum absolute atomic E-state index is 12.4. The summed E-state index contributed by atoms with van der Waals surface area (Å²) in [6.07, 6.45) is 0.881. The van der Waals surface area contributed by atoms with E-state index in [1.807, 2.05) is 24.4 Å². The lowest BCUT2D eigenvalue weighted by molar-refractivity contribution is 0.0819. The number of nitrogens with zero attached hydrogens (tertiary/aromatic N) is 3. The first kappa shape index (κ1) is 21.9. The molecule has 8 nitrogen and oxygen atoms in total. The maximum atomic E-state index is 12.4. The van der Waals surface area contributed by atoms with E-state index in [-0.39, 0.29) is 18.4 Å². The predicted octanol–water partition coefficient (Wildman–Crippen LogP) is 3.65. The van der Waals surface area contributed by atoms with E-state index in [2.05, 4.69) is 5.32 Å². The maximum Gasteiger partial charge on any atom is 0.414 e. The smallest absolute Gasteiger partial charge is 0.414 e. The molecule has 0 radical (unpaired) electrons. The summed E-state index contributed by atoms with van der Waals surface area (Å²) in [4.78, 5) is 40.4. The molecule has 0 saturated carbocycles. The van der Waals surface area contributed by atoms with Crippen LogP contribution in [0.5, 0.6) is 0 Å². The van der Waals surface area contributed by atoms with Gasteiger partial charge in [0.05, 0.1) is 22.3 Å². The molecule has 1 saturated heterocycles. The molecule has 1 aliphatic rings. The standard InChI is InChI=1S/C22H21ClN4O4S/c1-25(2)21(29)17-4-3-11-26(17)14-5-7-15(8-6-14)27-13-16(31-22(27)30)12-24-20(28)18-9-10-19(23)32-18/h3-11,16H,12-13H2,1-2H3,(H,24,28)/t16-/m0/s1. The lowest BCUT2D eigenvalue weighted by Gasteiger charge is -2.16. The van der Waals surface area contributed by atoms with E-state index in [1.165, 1.54) is 21.1 Å². The van der Waals surface area contributed by atoms with Crippen LogP contribution in [0.2, 0.25) is 4.34 Å². The molecule has 3 aromatic rings. The van der Waals surface area contributed by atoms with Gasteiger partial charge in [0.25, 0.3) is 11.8 Å². The summed E-state index contributed by atoms with van der Waals surface area (Å²) in [7, 11) is 3.41. The van der Waals surface area contributed by atoms with Crippen LogP contribution in [0.4, 0.5) is 10.5 Å². The van der Waals surface area contributed by atoms with Crippen molar-refractivity contribution in [1.29, 1.82) is 0 Å². The van der Waals surface area contributed by atoms with E-state index in [4.69, 9.17) is 16.3 Å². The molecule has 1 aromatic carbocycles. The number of rotatable bonds is 6. The third-order valence-electron chi connectivity index (χ3n) is 4.97. The average Bonchev–Trinajstić information content (AvgIpc) is 3.51. The molecule has 0 bridgehead atoms. The third-order valence-corrected chi connectivity index (χ3v) is 6.20. The number of aromatic nitrogens is 1. The molecular formula is C22H21ClN4O4S. The highest BCUT2D eigenvalue weighted by Gasteiger charge is 2.32. The molecule has 1 fully saturated rings. The lowest BCUT2D eigenvalue weighted by Crippen LogP contribution is -2.34. The van der Waals surface area contributed by atoms with Crippen molar-refractivity contribution in [2.45, 2.75) is 6.10 Å². The van der Waals surface area contributed by atoms with Crippen LogP contribution in [0.15, 0.2) is 54.7 Å². The number of carbonyl (C=O) groups is 3. The molecule has 3 heterocycles. The van der Waals surface area contributed by atoms with Crippen LogP contribution in [0.25, 0.3) is 5.69 Å². The summed E-state index contributed by atoms with van der Waals surface area (Å²) < 4.78 is 7.73. The number of ether oxygens (including phenoxy) is 1. The normalized spacial score (nSPS) is 15.5. The van der Waals surface area contributed by atoms with Gasteiger partial charge in [-0.2, -0.15) is 0 Å². The second-order valence-corrected chi connectivity index (χ2v) is 9.12. The second-order valence-electron chi connectivity index (χ2n) is 7.41. The molecular weight excluding hydrogens is 452 g/mol. The van der Waals surface area contributed by atoms with Gasteiger partial charge < -0.3 is 19.5 Å². The number of hydrogen-bond acceptors (Lipinski definition) is 5. The summed E-state index contributed by atoms with van der Waals surface area (Å²) in [5, 5.41) is 2.77. The molecule has 32 heavy (non-hydrogen) atoms. The number of thiophene rings is 1. The zero-order valence-electron chi connectivity index (χ0n) is 17.4. The Hall–Kier alpha value is -3.30. The van der Waals surface area contributed by atoms with Gasteiger partial charge in [0.1, 0.15) is 11.8 Å². The molecule has 166 valence electrons. The predicted molar refractivity (Wildman–Crippen MR) is 123 cm³/mol. The zero-order valence-corrected chi connectivity index (χ0v) is 19.0. The molecule has 4 rings (SSSR count). The Labute approximate surface area is 193 Å². The highest BCUT2D eigenvalue weighted by atomic mass is 35.5. The van der Waals surface area contributed by atoms with Gasteiger partial charge >= 0.3 is 6.09 Å². The quantitative estimate of drug-likeness (QED) is 0.593. The first-order chi connectivity index (χ1) is 15.3. The largest absolute Gasteiger partial charge is 0.442 e. The summed E-state index contributed by atoms with van der Waals surface area (Å²) in [6.45, 7) is 0.519. The Bertz CT molecular complexity index is 1150. The molecule has 0 unspecified atom stereocenters. The fraction of sp³-hybridized carbons (Fsp3) is 0.227. The fourth-order valence-corrected chi connectivity index (χ4v) is 4.33. The van der Waals surface area contributed by atoms with E-state index in [0.29, 0.717) is 27.1 Å². The van der Waals surface area contributed by atoms with Crippen LogP contribution in [0.3, 0.4) is 0 Å². The fourth-order valence-electron chi connectivity index (χ4n) is 3.37. The first-order valence-electron chi connectivity index (χ1n) is 9.84. The van der Waals surface area contributed by atoms with Crippen LogP contribution < -0.4 is 10.2 Å². The van der Waals surface area contributed by atoms with Gasteiger partial charge in [-0.3, -0.25) is 14.5 Å². The molecule has 0 aliphatic carbocycles. The third kappa shape index (κ3) is 4.49. The number of benzene rings is 1. The minimum atomic E-state index is -0.472. The van der Waals surface area contributed by atoms with Crippen LogP contribution in [0.1, 0.15) is 20.2 Å². The summed E-state index contributed by atoms with van der Waals surface area (Å²) in [5.74, 6) is -0.354. The molecule has 1 aliphatic heterocycles.